The zero-order valence-electron chi connectivity index (χ0n) is 21.7. The van der Waals surface area contributed by atoms with Crippen molar-refractivity contribution in [1.82, 2.24) is 5.32 Å². The molecule has 1 fully saturated rings. The minimum atomic E-state index is -0.524. The van der Waals surface area contributed by atoms with Gasteiger partial charge in [-0.25, -0.2) is 0 Å². The van der Waals surface area contributed by atoms with Crippen molar-refractivity contribution >= 4 is 27.8 Å². The number of hydrogen-bond acceptors (Lipinski definition) is 8. The van der Waals surface area contributed by atoms with Crippen LogP contribution >= 0.6 is 15.9 Å². The highest BCUT2D eigenvalue weighted by molar-refractivity contribution is 9.09. The Hall–Kier alpha value is -3.14. The van der Waals surface area contributed by atoms with Gasteiger partial charge in [0.2, 0.25) is 18.4 Å². The zero-order chi connectivity index (χ0) is 26.8. The van der Waals surface area contributed by atoms with Crippen molar-refractivity contribution in [2.75, 3.05) is 40.1 Å². The van der Waals surface area contributed by atoms with E-state index in [1.54, 1.807) is 21.3 Å². The van der Waals surface area contributed by atoms with E-state index in [-0.39, 0.29) is 37.1 Å². The molecule has 5 rings (SSSR count). The summed E-state index contributed by atoms with van der Waals surface area (Å²) < 4.78 is 33.8. The minimum Gasteiger partial charge on any atom is -0.493 e. The van der Waals surface area contributed by atoms with Crippen LogP contribution in [0.5, 0.6) is 28.7 Å². The van der Waals surface area contributed by atoms with Crippen LogP contribution in [0, 0.1) is 11.8 Å². The first-order valence-electron chi connectivity index (χ1n) is 12.8. The summed E-state index contributed by atoms with van der Waals surface area (Å²) >= 11 is 3.43. The van der Waals surface area contributed by atoms with Crippen LogP contribution in [-0.2, 0) is 14.3 Å². The molecule has 0 aromatic heterocycles. The molecule has 1 aliphatic carbocycles. The largest absolute Gasteiger partial charge is 0.493 e. The third-order valence-electron chi connectivity index (χ3n) is 7.59. The standard InChI is InChI=1S/C28H32BrNO8/c1-33-21-9-15(10-22(34-2)27(21)35-3)24-16-11-19-20(38-14-37-19)12-17(16)26(18-13-36-28(32)25(18)24)30-23(31)7-5-4-6-8-29/h9-12,18,24-26H,4-8,13-14H2,1-3H3,(H,30,31)/t18-,24+,25-,26+/m0/s1. The topological polar surface area (TPSA) is 102 Å². The van der Waals surface area contributed by atoms with Crippen molar-refractivity contribution in [3.8, 4) is 28.7 Å². The summed E-state index contributed by atoms with van der Waals surface area (Å²) in [5.41, 5.74) is 2.57. The number of fused-ring (bicyclic) bond motifs is 3. The number of unbranched alkanes of at least 4 members (excludes halogenated alkanes) is 2. The van der Waals surface area contributed by atoms with Crippen molar-refractivity contribution in [2.45, 2.75) is 37.6 Å². The lowest BCUT2D eigenvalue weighted by atomic mass is 9.65. The quantitative estimate of drug-likeness (QED) is 0.246. The van der Waals surface area contributed by atoms with E-state index in [9.17, 15) is 9.59 Å². The number of esters is 1. The molecule has 0 unspecified atom stereocenters. The Morgan fingerprint density at radius 1 is 0.947 bits per heavy atom. The fourth-order valence-electron chi connectivity index (χ4n) is 5.83. The molecule has 1 N–H and O–H groups in total. The van der Waals surface area contributed by atoms with E-state index in [2.05, 4.69) is 21.2 Å². The smallest absolute Gasteiger partial charge is 0.310 e. The van der Waals surface area contributed by atoms with Gasteiger partial charge in [0.25, 0.3) is 0 Å². The van der Waals surface area contributed by atoms with Gasteiger partial charge >= 0.3 is 5.97 Å². The second-order valence-electron chi connectivity index (χ2n) is 9.64. The number of rotatable bonds is 10. The maximum Gasteiger partial charge on any atom is 0.310 e. The number of cyclic esters (lactones) is 1. The normalized spacial score (nSPS) is 22.8. The van der Waals surface area contributed by atoms with Crippen LogP contribution < -0.4 is 29.0 Å². The SMILES string of the molecule is COc1cc([C@@H]2c3cc4c(cc3[C@@H](NC(=O)CCCCCBr)[C@H]3COC(=O)[C@H]23)OCO4)cc(OC)c1OC. The highest BCUT2D eigenvalue weighted by atomic mass is 79.9. The van der Waals surface area contributed by atoms with Crippen LogP contribution in [0.2, 0.25) is 0 Å². The van der Waals surface area contributed by atoms with Gasteiger partial charge in [-0.05, 0) is 53.8 Å². The highest BCUT2D eigenvalue weighted by Gasteiger charge is 2.53. The van der Waals surface area contributed by atoms with E-state index in [4.69, 9.17) is 28.4 Å². The molecule has 2 aromatic carbocycles. The van der Waals surface area contributed by atoms with E-state index in [0.717, 1.165) is 41.3 Å². The van der Waals surface area contributed by atoms with Crippen LogP contribution in [0.4, 0.5) is 0 Å². The van der Waals surface area contributed by atoms with Gasteiger partial charge < -0.3 is 33.7 Å². The monoisotopic (exact) mass is 589 g/mol. The van der Waals surface area contributed by atoms with Gasteiger partial charge in [-0.2, -0.15) is 0 Å². The zero-order valence-corrected chi connectivity index (χ0v) is 23.3. The summed E-state index contributed by atoms with van der Waals surface area (Å²) in [5, 5.41) is 4.14. The Kier molecular flexibility index (Phi) is 7.88. The summed E-state index contributed by atoms with van der Waals surface area (Å²) in [6, 6.07) is 7.18. The second kappa shape index (κ2) is 11.3. The number of carbonyl (C=O) groups excluding carboxylic acids is 2. The van der Waals surface area contributed by atoms with Crippen molar-refractivity contribution < 1.29 is 38.0 Å². The van der Waals surface area contributed by atoms with Crippen LogP contribution in [0.25, 0.3) is 0 Å². The summed E-state index contributed by atoms with van der Waals surface area (Å²) in [6.45, 7) is 0.333. The minimum absolute atomic E-state index is 0.0440. The molecule has 2 aliphatic heterocycles. The Morgan fingerprint density at radius 3 is 2.26 bits per heavy atom. The molecule has 4 atom stereocenters. The number of carbonyl (C=O) groups is 2. The molecule has 0 bridgehead atoms. The number of nitrogens with one attached hydrogen (secondary N) is 1. The maximum absolute atomic E-state index is 13.3. The first-order chi connectivity index (χ1) is 18.5. The van der Waals surface area contributed by atoms with Gasteiger partial charge in [-0.15, -0.1) is 0 Å². The van der Waals surface area contributed by atoms with Crippen molar-refractivity contribution in [1.29, 1.82) is 0 Å². The van der Waals surface area contributed by atoms with E-state index >= 15 is 0 Å². The number of alkyl halides is 1. The Bertz CT molecular complexity index is 1190. The van der Waals surface area contributed by atoms with E-state index in [1.165, 1.54) is 0 Å². The average Bonchev–Trinajstić information content (AvgIpc) is 3.55. The van der Waals surface area contributed by atoms with Crippen LogP contribution in [0.15, 0.2) is 24.3 Å². The van der Waals surface area contributed by atoms with Crippen LogP contribution in [0.1, 0.15) is 54.3 Å². The van der Waals surface area contributed by atoms with Gasteiger partial charge in [0.15, 0.2) is 23.0 Å². The van der Waals surface area contributed by atoms with E-state index < -0.39 is 12.0 Å². The fraction of sp³-hybridized carbons (Fsp3) is 0.500. The third-order valence-corrected chi connectivity index (χ3v) is 8.15. The molecule has 3 aliphatic rings. The maximum atomic E-state index is 13.3. The molecular weight excluding hydrogens is 558 g/mol. The highest BCUT2D eigenvalue weighted by Crippen LogP contribution is 2.55. The molecule has 1 saturated heterocycles. The second-order valence-corrected chi connectivity index (χ2v) is 10.4. The molecule has 10 heteroatoms. The molecule has 0 spiro atoms. The lowest BCUT2D eigenvalue weighted by Crippen LogP contribution is -2.42. The summed E-state index contributed by atoms with van der Waals surface area (Å²) in [5.74, 6) is 1.16. The van der Waals surface area contributed by atoms with E-state index in [0.29, 0.717) is 35.2 Å². The van der Waals surface area contributed by atoms with Crippen molar-refractivity contribution in [3.05, 3.63) is 41.0 Å². The Balaban J connectivity index is 1.60. The van der Waals surface area contributed by atoms with Crippen LogP contribution in [0.3, 0.4) is 0 Å². The molecular formula is C28H32BrNO8. The molecule has 2 heterocycles. The molecule has 38 heavy (non-hydrogen) atoms. The number of benzene rings is 2. The number of halogens is 1. The lowest BCUT2D eigenvalue weighted by Gasteiger charge is -2.39. The summed E-state index contributed by atoms with van der Waals surface area (Å²) in [7, 11) is 4.67. The number of hydrogen-bond donors (Lipinski definition) is 1. The molecule has 9 nitrogen and oxygen atoms in total. The first-order valence-corrected chi connectivity index (χ1v) is 13.9. The van der Waals surface area contributed by atoms with Gasteiger partial charge in [-0.1, -0.05) is 22.4 Å². The summed E-state index contributed by atoms with van der Waals surface area (Å²) in [6.07, 6.45) is 3.21. The Labute approximate surface area is 230 Å². The van der Waals surface area contributed by atoms with Crippen molar-refractivity contribution in [3.63, 3.8) is 0 Å². The average molecular weight is 590 g/mol. The lowest BCUT2D eigenvalue weighted by molar-refractivity contribution is -0.141. The first kappa shape index (κ1) is 26.5. The van der Waals surface area contributed by atoms with E-state index in [1.807, 2.05) is 24.3 Å². The van der Waals surface area contributed by atoms with Gasteiger partial charge in [0, 0.05) is 23.6 Å². The molecule has 0 saturated carbocycles. The summed E-state index contributed by atoms with van der Waals surface area (Å²) in [4.78, 5) is 26.3. The van der Waals surface area contributed by atoms with Gasteiger partial charge in [-0.3, -0.25) is 9.59 Å². The molecule has 1 amide bonds. The number of ether oxygens (including phenoxy) is 6. The van der Waals surface area contributed by atoms with Crippen molar-refractivity contribution in [2.24, 2.45) is 11.8 Å². The third kappa shape index (κ3) is 4.74. The van der Waals surface area contributed by atoms with Gasteiger partial charge in [0.1, 0.15) is 0 Å². The Morgan fingerprint density at radius 2 is 1.63 bits per heavy atom. The molecule has 2 aromatic rings. The van der Waals surface area contributed by atoms with Gasteiger partial charge in [0.05, 0.1) is 39.9 Å². The predicted molar refractivity (Wildman–Crippen MR) is 142 cm³/mol. The number of amides is 1. The predicted octanol–water partition coefficient (Wildman–Crippen LogP) is 4.49. The molecule has 204 valence electrons. The van der Waals surface area contributed by atoms with Crippen LogP contribution in [-0.4, -0.2) is 51.9 Å². The number of methoxy groups -OCH3 is 3. The molecule has 0 radical (unpaired) electrons. The fourth-order valence-corrected chi connectivity index (χ4v) is 6.23.